The topological polar surface area (TPSA) is 79.9 Å². The molecule has 2 N–H and O–H groups in total. The lowest BCUT2D eigenvalue weighted by Crippen LogP contribution is -2.36. The van der Waals surface area contributed by atoms with Gasteiger partial charge in [0.2, 0.25) is 11.8 Å². The average molecular weight is 434 g/mol. The minimum Gasteiger partial charge on any atom is -0.497 e. The third-order valence-electron chi connectivity index (χ3n) is 5.27. The number of likely N-dealkylation sites (N-methyl/N-ethyl adjacent to an activating group) is 2. The third-order valence-corrected chi connectivity index (χ3v) is 5.70. The van der Waals surface area contributed by atoms with Crippen LogP contribution < -0.4 is 20.1 Å². The smallest absolute Gasteiger partial charge is 0.249 e. The summed E-state index contributed by atoms with van der Waals surface area (Å²) < 4.78 is 10.8. The quantitative estimate of drug-likeness (QED) is 0.582. The predicted molar refractivity (Wildman–Crippen MR) is 122 cm³/mol. The number of methoxy groups -OCH3 is 2. The van der Waals surface area contributed by atoms with E-state index >= 15 is 0 Å². The van der Waals surface area contributed by atoms with Crippen LogP contribution in [0.15, 0.2) is 24.3 Å². The molecule has 164 valence electrons. The summed E-state index contributed by atoms with van der Waals surface area (Å²) in [5.74, 6) is 1.11. The van der Waals surface area contributed by atoms with Crippen LogP contribution in [0.25, 0.3) is 5.57 Å². The molecule has 1 unspecified atom stereocenters. The Kier molecular flexibility index (Phi) is 9.26. The van der Waals surface area contributed by atoms with Crippen molar-refractivity contribution in [2.45, 2.75) is 25.7 Å². The standard InChI is InChI=1S/C22H31N3O4S/c1-23-11-12-25(2)21(27)10-7-15-5-6-16(13-20(26)24-22(15)30)18-9-8-17(28-3)14-19(18)29-4/h8-9,13-15,23H,5-7,10-12H2,1-4H3,(H,24,26,30). The van der Waals surface area contributed by atoms with E-state index < -0.39 is 0 Å². The van der Waals surface area contributed by atoms with Gasteiger partial charge in [-0.2, -0.15) is 0 Å². The second kappa shape index (κ2) is 11.7. The molecule has 0 saturated carbocycles. The number of amides is 2. The van der Waals surface area contributed by atoms with E-state index in [1.54, 1.807) is 38.3 Å². The van der Waals surface area contributed by atoms with Crippen LogP contribution in [0.1, 0.15) is 31.2 Å². The summed E-state index contributed by atoms with van der Waals surface area (Å²) in [7, 11) is 6.85. The van der Waals surface area contributed by atoms with Crippen LogP contribution in [0.2, 0.25) is 0 Å². The number of carbonyl (C=O) groups is 2. The lowest BCUT2D eigenvalue weighted by molar-refractivity contribution is -0.130. The number of hydrogen-bond donors (Lipinski definition) is 2. The number of rotatable bonds is 9. The molecule has 1 atom stereocenters. The Morgan fingerprint density at radius 2 is 2.10 bits per heavy atom. The molecule has 0 aromatic heterocycles. The zero-order chi connectivity index (χ0) is 22.1. The summed E-state index contributed by atoms with van der Waals surface area (Å²) in [5.41, 5.74) is 1.72. The third kappa shape index (κ3) is 6.53. The highest BCUT2D eigenvalue weighted by molar-refractivity contribution is 7.80. The Morgan fingerprint density at radius 1 is 1.33 bits per heavy atom. The Bertz CT molecular complexity index is 810. The van der Waals surface area contributed by atoms with Gasteiger partial charge >= 0.3 is 0 Å². The Labute approximate surface area is 183 Å². The lowest BCUT2D eigenvalue weighted by atomic mass is 9.90. The van der Waals surface area contributed by atoms with Crippen molar-refractivity contribution >= 4 is 34.6 Å². The van der Waals surface area contributed by atoms with Gasteiger partial charge in [-0.3, -0.25) is 9.59 Å². The fourth-order valence-electron chi connectivity index (χ4n) is 3.40. The van der Waals surface area contributed by atoms with E-state index in [0.717, 1.165) is 24.1 Å². The molecule has 1 aliphatic rings. The van der Waals surface area contributed by atoms with Crippen LogP contribution in [0.3, 0.4) is 0 Å². The molecule has 2 rings (SSSR count). The average Bonchev–Trinajstić information content (AvgIpc) is 2.74. The van der Waals surface area contributed by atoms with E-state index in [4.69, 9.17) is 21.7 Å². The predicted octanol–water partition coefficient (Wildman–Crippen LogP) is 2.40. The number of allylic oxidation sites excluding steroid dienone is 1. The molecular formula is C22H31N3O4S. The van der Waals surface area contributed by atoms with Gasteiger partial charge in [-0.25, -0.2) is 0 Å². The van der Waals surface area contributed by atoms with Crippen molar-refractivity contribution in [3.8, 4) is 11.5 Å². The monoisotopic (exact) mass is 433 g/mol. The van der Waals surface area contributed by atoms with Crippen LogP contribution in [-0.2, 0) is 9.59 Å². The SMILES string of the molecule is CNCCN(C)C(=O)CCC1CCC(c2ccc(OC)cc2OC)=CC(=O)NC1=S. The largest absolute Gasteiger partial charge is 0.497 e. The number of carbonyl (C=O) groups excluding carboxylic acids is 2. The molecule has 0 aliphatic carbocycles. The minimum absolute atomic E-state index is 0.0430. The van der Waals surface area contributed by atoms with Gasteiger partial charge in [0.05, 0.1) is 19.2 Å². The van der Waals surface area contributed by atoms with Crippen LogP contribution in [0.4, 0.5) is 0 Å². The van der Waals surface area contributed by atoms with Gasteiger partial charge in [-0.05, 0) is 44.0 Å². The van der Waals surface area contributed by atoms with Gasteiger partial charge in [0.15, 0.2) is 0 Å². The molecule has 0 radical (unpaired) electrons. The number of nitrogens with zero attached hydrogens (tertiary/aromatic N) is 1. The van der Waals surface area contributed by atoms with Gasteiger partial charge < -0.3 is 25.0 Å². The highest BCUT2D eigenvalue weighted by Gasteiger charge is 2.23. The van der Waals surface area contributed by atoms with Gasteiger partial charge in [0.1, 0.15) is 11.5 Å². The molecule has 0 bridgehead atoms. The maximum atomic E-state index is 12.4. The zero-order valence-electron chi connectivity index (χ0n) is 18.1. The van der Waals surface area contributed by atoms with Crippen molar-refractivity contribution in [1.82, 2.24) is 15.5 Å². The number of hydrogen-bond acceptors (Lipinski definition) is 6. The molecule has 0 fully saturated rings. The summed E-state index contributed by atoms with van der Waals surface area (Å²) in [5, 5.41) is 5.83. The van der Waals surface area contributed by atoms with E-state index in [1.807, 2.05) is 19.2 Å². The summed E-state index contributed by atoms with van der Waals surface area (Å²) in [4.78, 5) is 27.0. The first kappa shape index (κ1) is 23.8. The lowest BCUT2D eigenvalue weighted by Gasteiger charge is -2.24. The normalized spacial score (nSPS) is 16.8. The van der Waals surface area contributed by atoms with Gasteiger partial charge in [0, 0.05) is 50.2 Å². The van der Waals surface area contributed by atoms with Gasteiger partial charge in [-0.1, -0.05) is 12.2 Å². The summed E-state index contributed by atoms with van der Waals surface area (Å²) in [6.07, 6.45) is 3.97. The van der Waals surface area contributed by atoms with Crippen LogP contribution >= 0.6 is 12.2 Å². The fraction of sp³-hybridized carbons (Fsp3) is 0.500. The molecule has 1 heterocycles. The Morgan fingerprint density at radius 3 is 2.77 bits per heavy atom. The highest BCUT2D eigenvalue weighted by Crippen LogP contribution is 2.34. The van der Waals surface area contributed by atoms with E-state index in [9.17, 15) is 9.59 Å². The van der Waals surface area contributed by atoms with Crippen molar-refractivity contribution in [2.24, 2.45) is 5.92 Å². The van der Waals surface area contributed by atoms with Crippen molar-refractivity contribution < 1.29 is 19.1 Å². The molecule has 1 aromatic carbocycles. The van der Waals surface area contributed by atoms with E-state index in [-0.39, 0.29) is 17.7 Å². The first-order chi connectivity index (χ1) is 14.4. The van der Waals surface area contributed by atoms with Gasteiger partial charge in [-0.15, -0.1) is 0 Å². The van der Waals surface area contributed by atoms with Crippen molar-refractivity contribution in [3.63, 3.8) is 0 Å². The summed E-state index contributed by atoms with van der Waals surface area (Å²) in [6, 6.07) is 5.54. The Hall–Kier alpha value is -2.45. The second-order valence-corrected chi connectivity index (χ2v) is 7.72. The molecule has 2 amide bonds. The molecule has 0 spiro atoms. The molecule has 7 nitrogen and oxygen atoms in total. The number of ether oxygens (including phenoxy) is 2. The van der Waals surface area contributed by atoms with E-state index in [1.165, 1.54) is 0 Å². The highest BCUT2D eigenvalue weighted by atomic mass is 32.1. The number of nitrogens with one attached hydrogen (secondary N) is 2. The molecule has 1 aromatic rings. The van der Waals surface area contributed by atoms with Crippen molar-refractivity contribution in [3.05, 3.63) is 29.8 Å². The number of thiocarbonyl (C=S) groups is 1. The van der Waals surface area contributed by atoms with E-state index in [2.05, 4.69) is 10.6 Å². The summed E-state index contributed by atoms with van der Waals surface area (Å²) >= 11 is 5.44. The maximum Gasteiger partial charge on any atom is 0.249 e. The van der Waals surface area contributed by atoms with Crippen molar-refractivity contribution in [1.29, 1.82) is 0 Å². The van der Waals surface area contributed by atoms with Crippen molar-refractivity contribution in [2.75, 3.05) is 41.4 Å². The molecular weight excluding hydrogens is 402 g/mol. The van der Waals surface area contributed by atoms with Crippen LogP contribution in [0, 0.1) is 5.92 Å². The number of benzene rings is 1. The first-order valence-corrected chi connectivity index (χ1v) is 10.5. The molecule has 30 heavy (non-hydrogen) atoms. The summed E-state index contributed by atoms with van der Waals surface area (Å²) in [6.45, 7) is 1.41. The second-order valence-electron chi connectivity index (χ2n) is 7.28. The maximum absolute atomic E-state index is 12.4. The minimum atomic E-state index is -0.255. The van der Waals surface area contributed by atoms with E-state index in [0.29, 0.717) is 42.3 Å². The molecule has 8 heteroatoms. The fourth-order valence-corrected chi connectivity index (χ4v) is 3.73. The molecule has 1 aliphatic heterocycles. The Balaban J connectivity index is 2.11. The zero-order valence-corrected chi connectivity index (χ0v) is 18.9. The first-order valence-electron chi connectivity index (χ1n) is 10.1. The van der Waals surface area contributed by atoms with Crippen LogP contribution in [-0.4, -0.2) is 63.1 Å². The molecule has 0 saturated heterocycles. The van der Waals surface area contributed by atoms with Crippen LogP contribution in [0.5, 0.6) is 11.5 Å². The van der Waals surface area contributed by atoms with Gasteiger partial charge in [0.25, 0.3) is 0 Å².